The van der Waals surface area contributed by atoms with E-state index in [0.717, 1.165) is 24.2 Å². The summed E-state index contributed by atoms with van der Waals surface area (Å²) in [7, 11) is 1.60. The highest BCUT2D eigenvalue weighted by Crippen LogP contribution is 2.12. The Morgan fingerprint density at radius 3 is 2.59 bits per heavy atom. The van der Waals surface area contributed by atoms with Crippen LogP contribution in [0.4, 0.5) is 0 Å². The molecule has 6 heteroatoms. The monoisotopic (exact) mass is 306 g/mol. The van der Waals surface area contributed by atoms with Gasteiger partial charge in [-0.1, -0.05) is 12.1 Å². The summed E-state index contributed by atoms with van der Waals surface area (Å²) in [4.78, 5) is 23.5. The van der Waals surface area contributed by atoms with E-state index in [2.05, 4.69) is 10.6 Å². The van der Waals surface area contributed by atoms with Gasteiger partial charge in [0, 0.05) is 19.7 Å². The number of hydrogen-bond donors (Lipinski definition) is 2. The van der Waals surface area contributed by atoms with Crippen LogP contribution in [-0.4, -0.2) is 44.7 Å². The number of methoxy groups -OCH3 is 1. The van der Waals surface area contributed by atoms with Crippen molar-refractivity contribution in [2.45, 2.75) is 25.4 Å². The summed E-state index contributed by atoms with van der Waals surface area (Å²) >= 11 is 0. The van der Waals surface area contributed by atoms with Crippen molar-refractivity contribution >= 4 is 11.8 Å². The molecule has 120 valence electrons. The van der Waals surface area contributed by atoms with E-state index in [1.54, 1.807) is 7.11 Å². The molecule has 0 bridgehead atoms. The van der Waals surface area contributed by atoms with Crippen molar-refractivity contribution in [1.82, 2.24) is 10.6 Å². The number of ether oxygens (including phenoxy) is 2. The molecule has 1 unspecified atom stereocenters. The minimum absolute atomic E-state index is 0.0727. The number of nitrogens with one attached hydrogen (secondary N) is 2. The third-order valence-corrected chi connectivity index (χ3v) is 3.49. The molecule has 1 heterocycles. The maximum atomic E-state index is 11.8. The Kier molecular flexibility index (Phi) is 6.21. The molecule has 0 spiro atoms. The van der Waals surface area contributed by atoms with E-state index in [9.17, 15) is 9.59 Å². The largest absolute Gasteiger partial charge is 0.497 e. The van der Waals surface area contributed by atoms with Gasteiger partial charge >= 0.3 is 0 Å². The average Bonchev–Trinajstić information content (AvgIpc) is 3.06. The van der Waals surface area contributed by atoms with Gasteiger partial charge in [0.2, 0.25) is 11.8 Å². The molecule has 1 aliphatic heterocycles. The van der Waals surface area contributed by atoms with Crippen molar-refractivity contribution in [3.05, 3.63) is 29.8 Å². The molecule has 0 radical (unpaired) electrons. The van der Waals surface area contributed by atoms with Gasteiger partial charge in [-0.2, -0.15) is 0 Å². The molecular weight excluding hydrogens is 284 g/mol. The van der Waals surface area contributed by atoms with Crippen LogP contribution >= 0.6 is 0 Å². The molecule has 22 heavy (non-hydrogen) atoms. The highest BCUT2D eigenvalue weighted by atomic mass is 16.5. The zero-order valence-corrected chi connectivity index (χ0v) is 12.8. The van der Waals surface area contributed by atoms with E-state index in [0.29, 0.717) is 26.1 Å². The molecule has 1 aromatic carbocycles. The lowest BCUT2D eigenvalue weighted by Gasteiger charge is -2.11. The fourth-order valence-corrected chi connectivity index (χ4v) is 2.28. The number of benzene rings is 1. The minimum Gasteiger partial charge on any atom is -0.497 e. The first-order valence-corrected chi connectivity index (χ1v) is 7.48. The Hall–Kier alpha value is -2.08. The van der Waals surface area contributed by atoms with E-state index in [1.165, 1.54) is 0 Å². The number of amides is 2. The second-order valence-electron chi connectivity index (χ2n) is 5.17. The van der Waals surface area contributed by atoms with Crippen LogP contribution in [0.15, 0.2) is 24.3 Å². The van der Waals surface area contributed by atoms with E-state index in [4.69, 9.17) is 9.47 Å². The number of hydrogen-bond acceptors (Lipinski definition) is 4. The van der Waals surface area contributed by atoms with Gasteiger partial charge in [0.25, 0.3) is 0 Å². The lowest BCUT2D eigenvalue weighted by atomic mass is 10.1. The predicted molar refractivity (Wildman–Crippen MR) is 81.7 cm³/mol. The van der Waals surface area contributed by atoms with Crippen molar-refractivity contribution in [3.63, 3.8) is 0 Å². The molecule has 0 saturated carbocycles. The van der Waals surface area contributed by atoms with Crippen molar-refractivity contribution in [2.75, 3.05) is 26.8 Å². The average molecular weight is 306 g/mol. The van der Waals surface area contributed by atoms with Crippen LogP contribution in [0.2, 0.25) is 0 Å². The highest BCUT2D eigenvalue weighted by Gasteiger charge is 2.22. The van der Waals surface area contributed by atoms with E-state index in [-0.39, 0.29) is 17.9 Å². The van der Waals surface area contributed by atoms with Gasteiger partial charge in [-0.05, 0) is 30.5 Å². The molecule has 0 aromatic heterocycles. The van der Waals surface area contributed by atoms with Crippen LogP contribution < -0.4 is 15.4 Å². The number of carbonyl (C=O) groups excluding carboxylic acids is 2. The summed E-state index contributed by atoms with van der Waals surface area (Å²) in [6, 6.07) is 7.37. The lowest BCUT2D eigenvalue weighted by Crippen LogP contribution is -2.39. The summed E-state index contributed by atoms with van der Waals surface area (Å²) in [6.45, 7) is 1.47. The third-order valence-electron chi connectivity index (χ3n) is 3.49. The fourth-order valence-electron chi connectivity index (χ4n) is 2.28. The zero-order chi connectivity index (χ0) is 15.8. The number of rotatable bonds is 7. The second kappa shape index (κ2) is 8.38. The Labute approximate surface area is 130 Å². The Bertz CT molecular complexity index is 495. The smallest absolute Gasteiger partial charge is 0.249 e. The molecule has 2 amide bonds. The van der Waals surface area contributed by atoms with Crippen LogP contribution in [0.25, 0.3) is 0 Å². The zero-order valence-electron chi connectivity index (χ0n) is 12.8. The standard InChI is InChI=1S/C16H22N2O4/c1-21-13-6-4-12(5-7-13)11-15(19)17-8-9-18-16(20)14-3-2-10-22-14/h4-7,14H,2-3,8-11H2,1H3,(H,17,19)(H,18,20). The van der Waals surface area contributed by atoms with Crippen LogP contribution in [0.5, 0.6) is 5.75 Å². The summed E-state index contributed by atoms with van der Waals surface area (Å²) < 4.78 is 10.3. The van der Waals surface area contributed by atoms with Gasteiger partial charge in [0.05, 0.1) is 13.5 Å². The summed E-state index contributed by atoms with van der Waals surface area (Å²) in [6.07, 6.45) is 1.69. The maximum absolute atomic E-state index is 11.8. The molecule has 1 aromatic rings. The van der Waals surface area contributed by atoms with Gasteiger partial charge < -0.3 is 20.1 Å². The quantitative estimate of drug-likeness (QED) is 0.725. The minimum atomic E-state index is -0.324. The topological polar surface area (TPSA) is 76.7 Å². The van der Waals surface area contributed by atoms with Gasteiger partial charge in [0.1, 0.15) is 11.9 Å². The highest BCUT2D eigenvalue weighted by molar-refractivity contribution is 5.81. The molecule has 0 aliphatic carbocycles. The van der Waals surface area contributed by atoms with Crippen molar-refractivity contribution in [2.24, 2.45) is 0 Å². The summed E-state index contributed by atoms with van der Waals surface area (Å²) in [5.41, 5.74) is 0.918. The lowest BCUT2D eigenvalue weighted by molar-refractivity contribution is -0.130. The molecule has 2 rings (SSSR count). The van der Waals surface area contributed by atoms with E-state index < -0.39 is 0 Å². The van der Waals surface area contributed by atoms with E-state index >= 15 is 0 Å². The first-order chi connectivity index (χ1) is 10.7. The van der Waals surface area contributed by atoms with Gasteiger partial charge in [-0.25, -0.2) is 0 Å². The normalized spacial score (nSPS) is 17.0. The Morgan fingerprint density at radius 1 is 1.23 bits per heavy atom. The van der Waals surface area contributed by atoms with E-state index in [1.807, 2.05) is 24.3 Å². The molecule has 1 saturated heterocycles. The molecule has 1 fully saturated rings. The summed E-state index contributed by atoms with van der Waals surface area (Å²) in [5.74, 6) is 0.597. The van der Waals surface area contributed by atoms with Crippen LogP contribution in [-0.2, 0) is 20.7 Å². The fraction of sp³-hybridized carbons (Fsp3) is 0.500. The van der Waals surface area contributed by atoms with Crippen LogP contribution in [0.1, 0.15) is 18.4 Å². The van der Waals surface area contributed by atoms with Gasteiger partial charge in [-0.3, -0.25) is 9.59 Å². The van der Waals surface area contributed by atoms with Gasteiger partial charge in [-0.15, -0.1) is 0 Å². The first-order valence-electron chi connectivity index (χ1n) is 7.48. The third kappa shape index (κ3) is 5.04. The van der Waals surface area contributed by atoms with Crippen LogP contribution in [0, 0.1) is 0 Å². The van der Waals surface area contributed by atoms with Crippen molar-refractivity contribution in [3.8, 4) is 5.75 Å². The van der Waals surface area contributed by atoms with Gasteiger partial charge in [0.15, 0.2) is 0 Å². The van der Waals surface area contributed by atoms with Crippen LogP contribution in [0.3, 0.4) is 0 Å². The molecule has 2 N–H and O–H groups in total. The SMILES string of the molecule is COc1ccc(CC(=O)NCCNC(=O)C2CCCO2)cc1. The number of carbonyl (C=O) groups is 2. The molecule has 1 aliphatic rings. The first kappa shape index (κ1) is 16.3. The predicted octanol–water partition coefficient (Wildman–Crippen LogP) is 0.649. The summed E-state index contributed by atoms with van der Waals surface area (Å²) in [5, 5.41) is 5.54. The van der Waals surface area contributed by atoms with Crippen molar-refractivity contribution < 1.29 is 19.1 Å². The maximum Gasteiger partial charge on any atom is 0.249 e. The Balaban J connectivity index is 1.61. The van der Waals surface area contributed by atoms with Crippen molar-refractivity contribution in [1.29, 1.82) is 0 Å². The Morgan fingerprint density at radius 2 is 1.95 bits per heavy atom. The molecule has 6 nitrogen and oxygen atoms in total. The molecule has 1 atom stereocenters. The second-order valence-corrected chi connectivity index (χ2v) is 5.17. The molecular formula is C16H22N2O4.